The van der Waals surface area contributed by atoms with Gasteiger partial charge in [-0.2, -0.15) is 0 Å². The summed E-state index contributed by atoms with van der Waals surface area (Å²) in [6.07, 6.45) is 1.08. The molecule has 1 amide bonds. The molecule has 0 aliphatic rings. The minimum absolute atomic E-state index is 0.144. The summed E-state index contributed by atoms with van der Waals surface area (Å²) < 4.78 is 51.6. The number of halogens is 2. The molecule has 2 rings (SSSR count). The van der Waals surface area contributed by atoms with Crippen molar-refractivity contribution in [1.82, 2.24) is 0 Å². The van der Waals surface area contributed by atoms with Crippen LogP contribution in [0.5, 0.6) is 0 Å². The predicted octanol–water partition coefficient (Wildman–Crippen LogP) is 3.00. The van der Waals surface area contributed by atoms with Crippen LogP contribution in [0.25, 0.3) is 0 Å². The van der Waals surface area contributed by atoms with Crippen molar-refractivity contribution in [3.8, 4) is 0 Å². The number of hydrogen-bond donors (Lipinski definition) is 1. The van der Waals surface area contributed by atoms with E-state index in [0.29, 0.717) is 5.69 Å². The molecule has 0 aliphatic heterocycles. The molecule has 0 aromatic heterocycles. The molecule has 1 N–H and O–H groups in total. The molecule has 2 aromatic carbocycles. The largest absolute Gasteiger partial charge is 0.317 e. The lowest BCUT2D eigenvalue weighted by molar-refractivity contribution is 0.102. The Morgan fingerprint density at radius 3 is 2.08 bits per heavy atom. The number of hydrogen-bond acceptors (Lipinski definition) is 3. The zero-order valence-electron chi connectivity index (χ0n) is 13.1. The highest BCUT2D eigenvalue weighted by molar-refractivity contribution is 7.92. The van der Waals surface area contributed by atoms with Crippen molar-refractivity contribution in [3.05, 3.63) is 59.7 Å². The summed E-state index contributed by atoms with van der Waals surface area (Å²) in [6.45, 7) is 1.92. The highest BCUT2D eigenvalue weighted by Gasteiger charge is 2.17. The zero-order valence-corrected chi connectivity index (χ0v) is 13.9. The fourth-order valence-electron chi connectivity index (χ4n) is 2.19. The van der Waals surface area contributed by atoms with Gasteiger partial charge in [-0.25, -0.2) is 17.2 Å². The summed E-state index contributed by atoms with van der Waals surface area (Å²) in [5.74, 6) is -2.46. The first-order valence-corrected chi connectivity index (χ1v) is 8.92. The fourth-order valence-corrected chi connectivity index (χ4v) is 3.16. The highest BCUT2D eigenvalue weighted by Crippen LogP contribution is 2.21. The lowest BCUT2D eigenvalue weighted by atomic mass is 10.2. The number of nitrogens with zero attached hydrogens (tertiary/aromatic N) is 1. The summed E-state index contributed by atoms with van der Waals surface area (Å²) in [4.78, 5) is 12.1. The van der Waals surface area contributed by atoms with Crippen LogP contribution in [0.1, 0.15) is 17.3 Å². The number of para-hydroxylation sites is 1. The van der Waals surface area contributed by atoms with E-state index < -0.39 is 33.3 Å². The Bertz CT molecular complexity index is 832. The van der Waals surface area contributed by atoms with Crippen LogP contribution in [0, 0.1) is 11.6 Å². The van der Waals surface area contributed by atoms with E-state index in [0.717, 1.165) is 18.4 Å². The first-order valence-electron chi connectivity index (χ1n) is 7.07. The molecule has 0 unspecified atom stereocenters. The monoisotopic (exact) mass is 354 g/mol. The maximum atomic E-state index is 13.5. The van der Waals surface area contributed by atoms with Crippen molar-refractivity contribution in [3.63, 3.8) is 0 Å². The normalized spacial score (nSPS) is 11.2. The van der Waals surface area contributed by atoms with E-state index >= 15 is 0 Å². The number of carbonyl (C=O) groups is 1. The van der Waals surface area contributed by atoms with Gasteiger partial charge in [0.05, 0.1) is 11.9 Å². The molecule has 128 valence electrons. The van der Waals surface area contributed by atoms with E-state index in [1.165, 1.54) is 34.6 Å². The molecule has 0 bridgehead atoms. The van der Waals surface area contributed by atoms with E-state index in [1.54, 1.807) is 6.92 Å². The molecule has 0 fully saturated rings. The van der Waals surface area contributed by atoms with Crippen LogP contribution in [0.4, 0.5) is 20.2 Å². The van der Waals surface area contributed by atoms with Gasteiger partial charge in [0, 0.05) is 12.1 Å². The highest BCUT2D eigenvalue weighted by atomic mass is 32.2. The third kappa shape index (κ3) is 3.88. The zero-order chi connectivity index (χ0) is 17.9. The summed E-state index contributed by atoms with van der Waals surface area (Å²) in [6, 6.07) is 8.95. The van der Waals surface area contributed by atoms with Crippen molar-refractivity contribution in [1.29, 1.82) is 0 Å². The van der Waals surface area contributed by atoms with Crippen molar-refractivity contribution in [2.24, 2.45) is 0 Å². The van der Waals surface area contributed by atoms with Gasteiger partial charge in [-0.3, -0.25) is 9.10 Å². The second kappa shape index (κ2) is 6.96. The first-order chi connectivity index (χ1) is 11.2. The maximum absolute atomic E-state index is 13.5. The van der Waals surface area contributed by atoms with Gasteiger partial charge in [0.25, 0.3) is 5.91 Å². The Morgan fingerprint density at radius 1 is 1.08 bits per heavy atom. The van der Waals surface area contributed by atoms with E-state index in [4.69, 9.17) is 0 Å². The minimum Gasteiger partial charge on any atom is -0.317 e. The fraction of sp³-hybridized carbons (Fsp3) is 0.188. The van der Waals surface area contributed by atoms with Gasteiger partial charge in [0.15, 0.2) is 0 Å². The second-order valence-corrected chi connectivity index (χ2v) is 6.93. The Hall–Kier alpha value is -2.48. The van der Waals surface area contributed by atoms with Crippen molar-refractivity contribution < 1.29 is 22.0 Å². The van der Waals surface area contributed by atoms with Gasteiger partial charge >= 0.3 is 0 Å². The number of benzene rings is 2. The molecule has 8 heteroatoms. The molecular weight excluding hydrogens is 338 g/mol. The number of nitrogens with one attached hydrogen (secondary N) is 1. The van der Waals surface area contributed by atoms with Gasteiger partial charge in [0.2, 0.25) is 10.0 Å². The van der Waals surface area contributed by atoms with Crippen LogP contribution in [-0.2, 0) is 10.0 Å². The molecule has 0 atom stereocenters. The lowest BCUT2D eigenvalue weighted by Crippen LogP contribution is -2.29. The number of rotatable bonds is 5. The molecule has 2 aromatic rings. The first kappa shape index (κ1) is 17.9. The Kier molecular flexibility index (Phi) is 5.18. The molecule has 0 aliphatic carbocycles. The summed E-state index contributed by atoms with van der Waals surface area (Å²) in [7, 11) is -3.43. The standard InChI is InChI=1S/C16H16F2N2O3S/c1-3-20(24(2,22)23)12-9-7-11(8-10-12)16(21)19-15-13(17)5-4-6-14(15)18/h4-10H,3H2,1-2H3,(H,19,21). The van der Waals surface area contributed by atoms with E-state index in [9.17, 15) is 22.0 Å². The summed E-state index contributed by atoms with van der Waals surface area (Å²) in [5, 5.41) is 2.17. The van der Waals surface area contributed by atoms with Gasteiger partial charge in [-0.05, 0) is 43.3 Å². The molecule has 0 spiro atoms. The smallest absolute Gasteiger partial charge is 0.255 e. The minimum atomic E-state index is -3.43. The Balaban J connectivity index is 2.23. The van der Waals surface area contributed by atoms with E-state index in [1.807, 2.05) is 0 Å². The third-order valence-electron chi connectivity index (χ3n) is 3.31. The predicted molar refractivity (Wildman–Crippen MR) is 88.6 cm³/mol. The van der Waals surface area contributed by atoms with Gasteiger partial charge in [-0.15, -0.1) is 0 Å². The topological polar surface area (TPSA) is 66.5 Å². The number of sulfonamides is 1. The van der Waals surface area contributed by atoms with E-state index in [2.05, 4.69) is 5.32 Å². The summed E-state index contributed by atoms with van der Waals surface area (Å²) >= 11 is 0. The van der Waals surface area contributed by atoms with Crippen LogP contribution in [0.2, 0.25) is 0 Å². The SMILES string of the molecule is CCN(c1ccc(C(=O)Nc2c(F)cccc2F)cc1)S(C)(=O)=O. The van der Waals surface area contributed by atoms with Crippen LogP contribution < -0.4 is 9.62 Å². The van der Waals surface area contributed by atoms with Gasteiger partial charge in [0.1, 0.15) is 17.3 Å². The Morgan fingerprint density at radius 2 is 1.62 bits per heavy atom. The van der Waals surface area contributed by atoms with E-state index in [-0.39, 0.29) is 12.1 Å². The molecule has 5 nitrogen and oxygen atoms in total. The molecule has 0 radical (unpaired) electrons. The number of anilines is 2. The van der Waals surface area contributed by atoms with Crippen molar-refractivity contribution in [2.75, 3.05) is 22.4 Å². The second-order valence-electron chi connectivity index (χ2n) is 5.03. The molecular formula is C16H16F2N2O3S. The number of amides is 1. The number of carbonyl (C=O) groups excluding carboxylic acids is 1. The van der Waals surface area contributed by atoms with Crippen LogP contribution in [-0.4, -0.2) is 27.1 Å². The lowest BCUT2D eigenvalue weighted by Gasteiger charge is -2.20. The Labute approximate surface area is 139 Å². The van der Waals surface area contributed by atoms with Crippen molar-refractivity contribution in [2.45, 2.75) is 6.92 Å². The average molecular weight is 354 g/mol. The van der Waals surface area contributed by atoms with Crippen molar-refractivity contribution >= 4 is 27.3 Å². The average Bonchev–Trinajstić information content (AvgIpc) is 2.51. The van der Waals surface area contributed by atoms with Crippen LogP contribution in [0.3, 0.4) is 0 Å². The third-order valence-corrected chi connectivity index (χ3v) is 4.58. The van der Waals surface area contributed by atoms with Crippen LogP contribution in [0.15, 0.2) is 42.5 Å². The quantitative estimate of drug-likeness (QED) is 0.898. The molecule has 0 heterocycles. The van der Waals surface area contributed by atoms with Gasteiger partial charge < -0.3 is 5.32 Å². The molecule has 0 saturated carbocycles. The van der Waals surface area contributed by atoms with Gasteiger partial charge in [-0.1, -0.05) is 6.07 Å². The maximum Gasteiger partial charge on any atom is 0.255 e. The molecule has 0 saturated heterocycles. The van der Waals surface area contributed by atoms with Crippen LogP contribution >= 0.6 is 0 Å². The molecule has 24 heavy (non-hydrogen) atoms. The summed E-state index contributed by atoms with van der Waals surface area (Å²) in [5.41, 5.74) is 0.0116.